The average Bonchev–Trinajstić information content (AvgIpc) is 3.17. The molecule has 3 rings (SSSR count). The Hall–Kier alpha value is -1.38. The molecule has 1 aliphatic carbocycles. The van der Waals surface area contributed by atoms with Crippen molar-refractivity contribution in [3.63, 3.8) is 0 Å². The second-order valence-corrected chi connectivity index (χ2v) is 7.90. The van der Waals surface area contributed by atoms with Gasteiger partial charge >= 0.3 is 0 Å². The van der Waals surface area contributed by atoms with Crippen LogP contribution in [0.1, 0.15) is 44.1 Å². The summed E-state index contributed by atoms with van der Waals surface area (Å²) in [6, 6.07) is 8.53. The van der Waals surface area contributed by atoms with E-state index in [1.165, 1.54) is 18.9 Å². The highest BCUT2D eigenvalue weighted by Gasteiger charge is 2.40. The Morgan fingerprint density at radius 2 is 1.90 bits per heavy atom. The first-order chi connectivity index (χ1) is 10.1. The molecule has 0 radical (unpaired) electrons. The molecule has 1 heterocycles. The van der Waals surface area contributed by atoms with Gasteiger partial charge in [0.25, 0.3) is 0 Å². The maximum absolute atomic E-state index is 12.9. The maximum Gasteiger partial charge on any atom is 0.243 e. The van der Waals surface area contributed by atoms with Crippen molar-refractivity contribution in [1.29, 1.82) is 5.26 Å². The zero-order valence-corrected chi connectivity index (χ0v) is 12.8. The maximum atomic E-state index is 12.9. The van der Waals surface area contributed by atoms with Crippen molar-refractivity contribution in [3.05, 3.63) is 29.8 Å². The van der Waals surface area contributed by atoms with Crippen LogP contribution in [0.25, 0.3) is 0 Å². The minimum absolute atomic E-state index is 0.156. The van der Waals surface area contributed by atoms with Crippen LogP contribution < -0.4 is 0 Å². The first kappa shape index (κ1) is 14.6. The zero-order chi connectivity index (χ0) is 14.9. The molecule has 0 amide bonds. The van der Waals surface area contributed by atoms with E-state index in [1.807, 2.05) is 6.07 Å². The molecule has 1 aliphatic heterocycles. The van der Waals surface area contributed by atoms with Gasteiger partial charge < -0.3 is 0 Å². The third-order valence-corrected chi connectivity index (χ3v) is 6.68. The molecule has 1 atom stereocenters. The summed E-state index contributed by atoms with van der Waals surface area (Å²) in [5, 5.41) is 8.96. The largest absolute Gasteiger partial charge is 0.243 e. The van der Waals surface area contributed by atoms with Crippen LogP contribution in [0.4, 0.5) is 0 Å². The number of rotatable bonds is 3. The first-order valence-corrected chi connectivity index (χ1v) is 9.09. The van der Waals surface area contributed by atoms with Gasteiger partial charge in [0.2, 0.25) is 10.0 Å². The van der Waals surface area contributed by atoms with Crippen LogP contribution in [-0.2, 0) is 10.0 Å². The highest BCUT2D eigenvalue weighted by molar-refractivity contribution is 7.89. The molecule has 4 nitrogen and oxygen atoms in total. The molecule has 1 saturated carbocycles. The lowest BCUT2D eigenvalue weighted by Crippen LogP contribution is -2.39. The summed E-state index contributed by atoms with van der Waals surface area (Å²) in [6.07, 6.45) is 6.65. The Labute approximate surface area is 126 Å². The van der Waals surface area contributed by atoms with Gasteiger partial charge in [0, 0.05) is 12.6 Å². The lowest BCUT2D eigenvalue weighted by Gasteiger charge is -2.28. The molecule has 0 spiro atoms. The van der Waals surface area contributed by atoms with E-state index < -0.39 is 10.0 Å². The van der Waals surface area contributed by atoms with E-state index in [1.54, 1.807) is 22.5 Å². The molecule has 0 aromatic heterocycles. The van der Waals surface area contributed by atoms with Crippen molar-refractivity contribution in [1.82, 2.24) is 4.31 Å². The van der Waals surface area contributed by atoms with E-state index >= 15 is 0 Å². The van der Waals surface area contributed by atoms with Crippen LogP contribution in [-0.4, -0.2) is 25.3 Å². The van der Waals surface area contributed by atoms with E-state index in [4.69, 9.17) is 5.26 Å². The quantitative estimate of drug-likeness (QED) is 0.862. The van der Waals surface area contributed by atoms with Gasteiger partial charge in [-0.15, -0.1) is 0 Å². The zero-order valence-electron chi connectivity index (χ0n) is 12.0. The van der Waals surface area contributed by atoms with Gasteiger partial charge in [-0.3, -0.25) is 0 Å². The Bertz CT molecular complexity index is 657. The Morgan fingerprint density at radius 3 is 2.62 bits per heavy atom. The summed E-state index contributed by atoms with van der Waals surface area (Å²) in [6.45, 7) is 0.611. The molecule has 1 aromatic carbocycles. The third kappa shape index (κ3) is 2.70. The Balaban J connectivity index is 1.91. The molecular formula is C16H20N2O2S. The minimum Gasteiger partial charge on any atom is -0.207 e. The van der Waals surface area contributed by atoms with E-state index in [-0.39, 0.29) is 10.9 Å². The van der Waals surface area contributed by atoms with E-state index in [0.717, 1.165) is 25.7 Å². The van der Waals surface area contributed by atoms with Gasteiger partial charge in [-0.05, 0) is 49.8 Å². The molecule has 1 saturated heterocycles. The summed E-state index contributed by atoms with van der Waals surface area (Å²) in [5.74, 6) is 0.515. The second kappa shape index (κ2) is 5.78. The van der Waals surface area contributed by atoms with Gasteiger partial charge in [0.15, 0.2) is 0 Å². The van der Waals surface area contributed by atoms with Gasteiger partial charge in [-0.2, -0.15) is 9.57 Å². The summed E-state index contributed by atoms with van der Waals surface area (Å²) < 4.78 is 27.5. The van der Waals surface area contributed by atoms with Gasteiger partial charge in [-0.1, -0.05) is 18.9 Å². The number of benzene rings is 1. The van der Waals surface area contributed by atoms with Crippen molar-refractivity contribution in [3.8, 4) is 6.07 Å². The first-order valence-electron chi connectivity index (χ1n) is 7.65. The summed E-state index contributed by atoms with van der Waals surface area (Å²) in [7, 11) is -3.48. The fourth-order valence-electron chi connectivity index (χ4n) is 3.74. The molecule has 5 heteroatoms. The van der Waals surface area contributed by atoms with E-state index in [2.05, 4.69) is 0 Å². The topological polar surface area (TPSA) is 61.2 Å². The fraction of sp³-hybridized carbons (Fsp3) is 0.562. The number of nitriles is 1. The van der Waals surface area contributed by atoms with Crippen LogP contribution in [0, 0.1) is 17.2 Å². The predicted octanol–water partition coefficient (Wildman–Crippen LogP) is 2.90. The molecular weight excluding hydrogens is 284 g/mol. The van der Waals surface area contributed by atoms with Crippen molar-refractivity contribution in [2.45, 2.75) is 49.5 Å². The number of sulfonamides is 1. The van der Waals surface area contributed by atoms with Crippen LogP contribution in [0.15, 0.2) is 29.2 Å². The monoisotopic (exact) mass is 304 g/mol. The molecule has 0 N–H and O–H groups in total. The summed E-state index contributed by atoms with van der Waals surface area (Å²) in [5.41, 5.74) is 0.396. The molecule has 1 aromatic rings. The van der Waals surface area contributed by atoms with Gasteiger partial charge in [0.05, 0.1) is 16.5 Å². The van der Waals surface area contributed by atoms with Crippen molar-refractivity contribution in [2.24, 2.45) is 5.92 Å². The van der Waals surface area contributed by atoms with Crippen LogP contribution >= 0.6 is 0 Å². The smallest absolute Gasteiger partial charge is 0.207 e. The average molecular weight is 304 g/mol. The van der Waals surface area contributed by atoms with Crippen molar-refractivity contribution in [2.75, 3.05) is 6.54 Å². The Kier molecular flexibility index (Phi) is 4.01. The SMILES string of the molecule is N#Cc1cccc(S(=O)(=O)N2CCCC2C2CCCC2)c1. The molecule has 0 bridgehead atoms. The minimum atomic E-state index is -3.48. The fourth-order valence-corrected chi connectivity index (χ4v) is 5.54. The Morgan fingerprint density at radius 1 is 1.14 bits per heavy atom. The van der Waals surface area contributed by atoms with Crippen molar-refractivity contribution >= 4 is 10.0 Å². The number of hydrogen-bond acceptors (Lipinski definition) is 3. The summed E-state index contributed by atoms with van der Waals surface area (Å²) in [4.78, 5) is 0.256. The lowest BCUT2D eigenvalue weighted by molar-refractivity contribution is 0.288. The van der Waals surface area contributed by atoms with Crippen LogP contribution in [0.3, 0.4) is 0 Å². The third-order valence-electron chi connectivity index (χ3n) is 4.76. The summed E-state index contributed by atoms with van der Waals surface area (Å²) >= 11 is 0. The molecule has 1 unspecified atom stereocenters. The van der Waals surface area contributed by atoms with E-state index in [0.29, 0.717) is 18.0 Å². The molecule has 112 valence electrons. The van der Waals surface area contributed by atoms with Gasteiger partial charge in [-0.25, -0.2) is 8.42 Å². The number of hydrogen-bond donors (Lipinski definition) is 0. The lowest BCUT2D eigenvalue weighted by atomic mass is 9.97. The standard InChI is InChI=1S/C16H20N2O2S/c17-12-13-5-3-8-15(11-13)21(19,20)18-10-4-9-16(18)14-6-1-2-7-14/h3,5,8,11,14,16H,1-2,4,6-7,9-10H2. The second-order valence-electron chi connectivity index (χ2n) is 6.01. The molecule has 2 aliphatic rings. The normalized spacial score (nSPS) is 24.2. The van der Waals surface area contributed by atoms with Crippen molar-refractivity contribution < 1.29 is 8.42 Å². The van der Waals surface area contributed by atoms with Crippen LogP contribution in [0.5, 0.6) is 0 Å². The highest BCUT2D eigenvalue weighted by atomic mass is 32.2. The highest BCUT2D eigenvalue weighted by Crippen LogP contribution is 2.38. The predicted molar refractivity (Wildman–Crippen MR) is 80.0 cm³/mol. The number of nitrogens with zero attached hydrogens (tertiary/aromatic N) is 2. The molecule has 2 fully saturated rings. The van der Waals surface area contributed by atoms with Crippen LogP contribution in [0.2, 0.25) is 0 Å². The van der Waals surface area contributed by atoms with E-state index in [9.17, 15) is 8.42 Å². The van der Waals surface area contributed by atoms with Gasteiger partial charge in [0.1, 0.15) is 0 Å². The molecule has 21 heavy (non-hydrogen) atoms.